The fourth-order valence-corrected chi connectivity index (χ4v) is 3.32. The first-order chi connectivity index (χ1) is 15.0. The highest BCUT2D eigenvalue weighted by molar-refractivity contribution is 5.92. The van der Waals surface area contributed by atoms with Crippen LogP contribution in [0.5, 0.6) is 0 Å². The van der Waals surface area contributed by atoms with Crippen LogP contribution >= 0.6 is 0 Å². The molecule has 3 amide bonds. The summed E-state index contributed by atoms with van der Waals surface area (Å²) >= 11 is 0. The summed E-state index contributed by atoms with van der Waals surface area (Å²) in [6.45, 7) is 13.5. The molecular formula is C25H41N3O4. The van der Waals surface area contributed by atoms with E-state index in [9.17, 15) is 14.4 Å². The van der Waals surface area contributed by atoms with Crippen molar-refractivity contribution in [3.8, 4) is 0 Å². The molecule has 0 bridgehead atoms. The van der Waals surface area contributed by atoms with Gasteiger partial charge in [-0.1, -0.05) is 57.0 Å². The number of carbonyl (C=O) groups excluding carboxylic acids is 3. The Hall–Kier alpha value is -2.57. The van der Waals surface area contributed by atoms with E-state index in [0.29, 0.717) is 13.0 Å². The van der Waals surface area contributed by atoms with E-state index in [1.54, 1.807) is 32.6 Å². The maximum Gasteiger partial charge on any atom is 0.408 e. The van der Waals surface area contributed by atoms with Crippen molar-refractivity contribution in [2.24, 2.45) is 0 Å². The standard InChI is InChI=1S/C25H41N3O4/c1-8-10-14-17-26-22(29)21(20-15-12-11-13-16-20)28(18(3)9-2)23(30)19(4)27-24(31)32-25(5,6)7/h11-13,15-16,18-19,21H,8-10,14,17H2,1-7H3,(H,26,29)(H,27,31). The van der Waals surface area contributed by atoms with Gasteiger partial charge in [-0.05, 0) is 53.0 Å². The maximum atomic E-state index is 13.5. The Kier molecular flexibility index (Phi) is 11.2. The SMILES string of the molecule is CCCCCNC(=O)C(c1ccccc1)N(C(=O)C(C)NC(=O)OC(C)(C)C)C(C)CC. The first kappa shape index (κ1) is 27.5. The van der Waals surface area contributed by atoms with E-state index in [1.165, 1.54) is 0 Å². The molecule has 1 aromatic carbocycles. The Morgan fingerprint density at radius 2 is 1.66 bits per heavy atom. The summed E-state index contributed by atoms with van der Waals surface area (Å²) < 4.78 is 5.29. The number of nitrogens with one attached hydrogen (secondary N) is 2. The molecule has 0 aliphatic rings. The average molecular weight is 448 g/mol. The van der Waals surface area contributed by atoms with Crippen molar-refractivity contribution in [2.75, 3.05) is 6.54 Å². The predicted molar refractivity (Wildman–Crippen MR) is 127 cm³/mol. The minimum absolute atomic E-state index is 0.211. The van der Waals surface area contributed by atoms with Gasteiger partial charge in [0.1, 0.15) is 17.7 Å². The topological polar surface area (TPSA) is 87.7 Å². The molecule has 1 rings (SSSR count). The summed E-state index contributed by atoms with van der Waals surface area (Å²) in [5, 5.41) is 5.61. The van der Waals surface area contributed by atoms with Gasteiger partial charge in [-0.2, -0.15) is 0 Å². The second-order valence-corrected chi connectivity index (χ2v) is 9.18. The largest absolute Gasteiger partial charge is 0.444 e. The number of benzene rings is 1. The Bertz CT molecular complexity index is 730. The molecule has 0 fully saturated rings. The summed E-state index contributed by atoms with van der Waals surface area (Å²) in [4.78, 5) is 40.6. The molecule has 7 nitrogen and oxygen atoms in total. The number of hydrogen-bond donors (Lipinski definition) is 2. The summed E-state index contributed by atoms with van der Waals surface area (Å²) in [7, 11) is 0. The van der Waals surface area contributed by atoms with Crippen molar-refractivity contribution in [3.63, 3.8) is 0 Å². The number of unbranched alkanes of at least 4 members (excludes halogenated alkanes) is 2. The maximum absolute atomic E-state index is 13.5. The van der Waals surface area contributed by atoms with Crippen LogP contribution < -0.4 is 10.6 Å². The van der Waals surface area contributed by atoms with Crippen LogP contribution in [0.1, 0.15) is 85.8 Å². The zero-order chi connectivity index (χ0) is 24.3. The Morgan fingerprint density at radius 3 is 2.19 bits per heavy atom. The number of carbonyl (C=O) groups is 3. The van der Waals surface area contributed by atoms with E-state index < -0.39 is 23.8 Å². The minimum Gasteiger partial charge on any atom is -0.444 e. The lowest BCUT2D eigenvalue weighted by atomic mass is 10.00. The van der Waals surface area contributed by atoms with Gasteiger partial charge in [0.25, 0.3) is 0 Å². The van der Waals surface area contributed by atoms with E-state index >= 15 is 0 Å². The van der Waals surface area contributed by atoms with E-state index in [2.05, 4.69) is 17.6 Å². The monoisotopic (exact) mass is 447 g/mol. The molecule has 0 aliphatic heterocycles. The van der Waals surface area contributed by atoms with Crippen molar-refractivity contribution < 1.29 is 19.1 Å². The van der Waals surface area contributed by atoms with Gasteiger partial charge in [-0.25, -0.2) is 4.79 Å². The molecule has 0 heterocycles. The van der Waals surface area contributed by atoms with Gasteiger partial charge >= 0.3 is 6.09 Å². The van der Waals surface area contributed by atoms with Gasteiger partial charge in [0.05, 0.1) is 0 Å². The van der Waals surface area contributed by atoms with Crippen molar-refractivity contribution in [3.05, 3.63) is 35.9 Å². The summed E-state index contributed by atoms with van der Waals surface area (Å²) in [6.07, 6.45) is 2.97. The van der Waals surface area contributed by atoms with Crippen LogP contribution in [-0.2, 0) is 14.3 Å². The molecule has 180 valence electrons. The third kappa shape index (κ3) is 8.89. The normalized spacial score (nSPS) is 14.1. The molecule has 0 radical (unpaired) electrons. The summed E-state index contributed by atoms with van der Waals surface area (Å²) in [5.74, 6) is -0.548. The Labute approximate surface area is 193 Å². The van der Waals surface area contributed by atoms with E-state index in [1.807, 2.05) is 44.2 Å². The van der Waals surface area contributed by atoms with Crippen LogP contribution in [0.15, 0.2) is 30.3 Å². The third-order valence-electron chi connectivity index (χ3n) is 5.15. The predicted octanol–water partition coefficient (Wildman–Crippen LogP) is 4.57. The molecule has 0 aliphatic carbocycles. The van der Waals surface area contributed by atoms with Crippen LogP contribution in [0.2, 0.25) is 0 Å². The molecule has 2 N–H and O–H groups in total. The van der Waals surface area contributed by atoms with Crippen LogP contribution in [-0.4, -0.2) is 47.0 Å². The molecule has 0 saturated heterocycles. The van der Waals surface area contributed by atoms with Crippen molar-refractivity contribution in [1.29, 1.82) is 0 Å². The highest BCUT2D eigenvalue weighted by Gasteiger charge is 2.36. The van der Waals surface area contributed by atoms with Gasteiger partial charge < -0.3 is 20.3 Å². The fourth-order valence-electron chi connectivity index (χ4n) is 3.32. The molecule has 3 atom stereocenters. The average Bonchev–Trinajstić information content (AvgIpc) is 2.73. The number of alkyl carbamates (subject to hydrolysis) is 1. The van der Waals surface area contributed by atoms with Gasteiger partial charge in [-0.15, -0.1) is 0 Å². The van der Waals surface area contributed by atoms with E-state index in [0.717, 1.165) is 24.8 Å². The van der Waals surface area contributed by atoms with Crippen molar-refractivity contribution in [2.45, 2.75) is 97.9 Å². The van der Waals surface area contributed by atoms with Gasteiger partial charge in [0, 0.05) is 12.6 Å². The number of rotatable bonds is 11. The zero-order valence-electron chi connectivity index (χ0n) is 20.7. The highest BCUT2D eigenvalue weighted by Crippen LogP contribution is 2.26. The Morgan fingerprint density at radius 1 is 1.03 bits per heavy atom. The van der Waals surface area contributed by atoms with E-state index in [-0.39, 0.29) is 17.9 Å². The summed E-state index contributed by atoms with van der Waals surface area (Å²) in [6, 6.07) is 7.44. The lowest BCUT2D eigenvalue weighted by molar-refractivity contribution is -0.144. The van der Waals surface area contributed by atoms with E-state index in [4.69, 9.17) is 4.74 Å². The molecule has 7 heteroatoms. The molecular weight excluding hydrogens is 406 g/mol. The lowest BCUT2D eigenvalue weighted by Crippen LogP contribution is -2.54. The Balaban J connectivity index is 3.18. The van der Waals surface area contributed by atoms with Gasteiger partial charge in [-0.3, -0.25) is 9.59 Å². The van der Waals surface area contributed by atoms with Crippen LogP contribution in [0.4, 0.5) is 4.79 Å². The minimum atomic E-state index is -0.849. The molecule has 0 saturated carbocycles. The molecule has 0 spiro atoms. The van der Waals surface area contributed by atoms with Crippen molar-refractivity contribution in [1.82, 2.24) is 15.5 Å². The molecule has 32 heavy (non-hydrogen) atoms. The number of ether oxygens (including phenoxy) is 1. The fraction of sp³-hybridized carbons (Fsp3) is 0.640. The van der Waals surface area contributed by atoms with Crippen LogP contribution in [0.3, 0.4) is 0 Å². The molecule has 0 aromatic heterocycles. The van der Waals surface area contributed by atoms with Crippen LogP contribution in [0.25, 0.3) is 0 Å². The number of amides is 3. The smallest absolute Gasteiger partial charge is 0.408 e. The highest BCUT2D eigenvalue weighted by atomic mass is 16.6. The first-order valence-electron chi connectivity index (χ1n) is 11.7. The second-order valence-electron chi connectivity index (χ2n) is 9.18. The molecule has 3 unspecified atom stereocenters. The van der Waals surface area contributed by atoms with Gasteiger partial charge in [0.15, 0.2) is 0 Å². The quantitative estimate of drug-likeness (QED) is 0.486. The van der Waals surface area contributed by atoms with Crippen LogP contribution in [0, 0.1) is 0 Å². The third-order valence-corrected chi connectivity index (χ3v) is 5.15. The second kappa shape index (κ2) is 13.1. The number of hydrogen-bond acceptors (Lipinski definition) is 4. The zero-order valence-corrected chi connectivity index (χ0v) is 20.7. The summed E-state index contributed by atoms with van der Waals surface area (Å²) in [5.41, 5.74) is 0.0624. The number of nitrogens with zero attached hydrogens (tertiary/aromatic N) is 1. The first-order valence-corrected chi connectivity index (χ1v) is 11.7. The van der Waals surface area contributed by atoms with Crippen molar-refractivity contribution >= 4 is 17.9 Å². The molecule has 1 aromatic rings. The van der Waals surface area contributed by atoms with Gasteiger partial charge in [0.2, 0.25) is 11.8 Å². The lowest BCUT2D eigenvalue weighted by Gasteiger charge is -2.37.